The molecule has 0 fully saturated rings. The van der Waals surface area contributed by atoms with E-state index in [1.165, 1.54) is 26.4 Å². The van der Waals surface area contributed by atoms with E-state index in [4.69, 9.17) is 24.9 Å². The van der Waals surface area contributed by atoms with Crippen LogP contribution in [0.5, 0.6) is 5.75 Å². The number of hydrogen-bond donors (Lipinski definition) is 0. The van der Waals surface area contributed by atoms with Gasteiger partial charge in [-0.2, -0.15) is 0 Å². The fourth-order valence-electron chi connectivity index (χ4n) is 1.72. The first kappa shape index (κ1) is 17.7. The van der Waals surface area contributed by atoms with E-state index in [1.54, 1.807) is 13.0 Å². The van der Waals surface area contributed by atoms with Gasteiger partial charge in [0.05, 0.1) is 20.1 Å². The second-order valence-corrected chi connectivity index (χ2v) is 6.89. The summed E-state index contributed by atoms with van der Waals surface area (Å²) in [4.78, 5) is 11.5. The van der Waals surface area contributed by atoms with Crippen LogP contribution in [0.2, 0.25) is 0 Å². The van der Waals surface area contributed by atoms with E-state index in [1.807, 2.05) is 0 Å². The van der Waals surface area contributed by atoms with Crippen LogP contribution >= 0.6 is 10.7 Å². The average molecular weight is 337 g/mol. The van der Waals surface area contributed by atoms with Crippen LogP contribution in [0.25, 0.3) is 0 Å². The van der Waals surface area contributed by atoms with E-state index in [-0.39, 0.29) is 29.8 Å². The maximum atomic E-state index is 11.7. The molecule has 1 aromatic carbocycles. The molecule has 0 heterocycles. The zero-order valence-electron chi connectivity index (χ0n) is 12.0. The first-order chi connectivity index (χ1) is 9.77. The molecule has 0 aliphatic heterocycles. The second kappa shape index (κ2) is 7.63. The fraction of sp³-hybridized carbons (Fsp3) is 0.462. The van der Waals surface area contributed by atoms with Gasteiger partial charge < -0.3 is 14.2 Å². The van der Waals surface area contributed by atoms with Crippen molar-refractivity contribution >= 4 is 25.7 Å². The lowest BCUT2D eigenvalue weighted by Gasteiger charge is -2.12. The Morgan fingerprint density at radius 3 is 2.52 bits per heavy atom. The van der Waals surface area contributed by atoms with Gasteiger partial charge in [0.1, 0.15) is 16.7 Å². The lowest BCUT2D eigenvalue weighted by molar-refractivity contribution is -0.149. The maximum absolute atomic E-state index is 11.7. The summed E-state index contributed by atoms with van der Waals surface area (Å²) in [6.45, 7) is 1.99. The summed E-state index contributed by atoms with van der Waals surface area (Å²) in [5.74, 6) is -0.363. The fourth-order valence-corrected chi connectivity index (χ4v) is 2.77. The molecule has 118 valence electrons. The number of benzene rings is 1. The largest absolute Gasteiger partial charge is 0.495 e. The minimum Gasteiger partial charge on any atom is -0.495 e. The number of ether oxygens (including phenoxy) is 3. The summed E-state index contributed by atoms with van der Waals surface area (Å²) in [6, 6.07) is 4.31. The molecule has 1 rings (SSSR count). The Kier molecular flexibility index (Phi) is 6.44. The Labute approximate surface area is 128 Å². The van der Waals surface area contributed by atoms with Gasteiger partial charge >= 0.3 is 5.97 Å². The van der Waals surface area contributed by atoms with Crippen molar-refractivity contribution in [1.82, 2.24) is 0 Å². The van der Waals surface area contributed by atoms with Crippen molar-refractivity contribution in [2.24, 2.45) is 0 Å². The van der Waals surface area contributed by atoms with Crippen molar-refractivity contribution in [3.8, 4) is 5.75 Å². The molecule has 21 heavy (non-hydrogen) atoms. The topological polar surface area (TPSA) is 78.9 Å². The minimum absolute atomic E-state index is 0.0720. The van der Waals surface area contributed by atoms with Crippen LogP contribution in [0, 0.1) is 0 Å². The van der Waals surface area contributed by atoms with Gasteiger partial charge in [-0.25, -0.2) is 8.42 Å². The number of methoxy groups -OCH3 is 2. The average Bonchev–Trinajstić information content (AvgIpc) is 2.37. The van der Waals surface area contributed by atoms with Crippen molar-refractivity contribution < 1.29 is 27.4 Å². The quantitative estimate of drug-likeness (QED) is 0.557. The summed E-state index contributed by atoms with van der Waals surface area (Å²) in [6.07, 6.45) is -0.450. The maximum Gasteiger partial charge on any atom is 0.310 e. The van der Waals surface area contributed by atoms with Gasteiger partial charge in [0.25, 0.3) is 9.05 Å². The van der Waals surface area contributed by atoms with Crippen LogP contribution in [-0.2, 0) is 29.7 Å². The molecule has 0 saturated carbocycles. The number of carbonyl (C=O) groups is 1. The molecule has 6 nitrogen and oxygen atoms in total. The lowest BCUT2D eigenvalue weighted by Crippen LogP contribution is -2.20. The standard InChI is InChI=1S/C13H17ClO6S/c1-9(8-18-2)20-13(15)7-10-4-5-11(19-3)12(6-10)21(14,16)17/h4-6,9H,7-8H2,1-3H3. The Bertz CT molecular complexity index is 599. The molecule has 0 radical (unpaired) electrons. The number of rotatable bonds is 7. The number of esters is 1. The molecule has 1 atom stereocenters. The molecule has 0 aliphatic rings. The van der Waals surface area contributed by atoms with Gasteiger partial charge in [-0.05, 0) is 24.6 Å². The summed E-state index contributed by atoms with van der Waals surface area (Å²) in [7, 11) is 4.22. The van der Waals surface area contributed by atoms with E-state index in [9.17, 15) is 13.2 Å². The first-order valence-electron chi connectivity index (χ1n) is 6.08. The highest BCUT2D eigenvalue weighted by Gasteiger charge is 2.19. The molecule has 0 aromatic heterocycles. The van der Waals surface area contributed by atoms with E-state index < -0.39 is 15.0 Å². The van der Waals surface area contributed by atoms with E-state index >= 15 is 0 Å². The third kappa shape index (κ3) is 5.53. The van der Waals surface area contributed by atoms with Crippen LogP contribution in [0.3, 0.4) is 0 Å². The third-order valence-corrected chi connectivity index (χ3v) is 3.92. The van der Waals surface area contributed by atoms with Crippen molar-refractivity contribution in [3.63, 3.8) is 0 Å². The number of halogens is 1. The molecule has 1 unspecified atom stereocenters. The predicted octanol–water partition coefficient (Wildman–Crippen LogP) is 1.74. The minimum atomic E-state index is -3.96. The zero-order chi connectivity index (χ0) is 16.0. The van der Waals surface area contributed by atoms with E-state index in [2.05, 4.69) is 0 Å². The Balaban J connectivity index is 2.88. The lowest BCUT2D eigenvalue weighted by atomic mass is 10.1. The Morgan fingerprint density at radius 2 is 2.00 bits per heavy atom. The monoisotopic (exact) mass is 336 g/mol. The van der Waals surface area contributed by atoms with E-state index in [0.717, 1.165) is 0 Å². The molecular formula is C13H17ClO6S. The smallest absolute Gasteiger partial charge is 0.310 e. The molecule has 0 bridgehead atoms. The van der Waals surface area contributed by atoms with E-state index in [0.29, 0.717) is 5.56 Å². The van der Waals surface area contributed by atoms with Crippen LogP contribution < -0.4 is 4.74 Å². The predicted molar refractivity (Wildman–Crippen MR) is 77.2 cm³/mol. The van der Waals surface area contributed by atoms with Crippen LogP contribution in [0.15, 0.2) is 23.1 Å². The first-order valence-corrected chi connectivity index (χ1v) is 8.39. The van der Waals surface area contributed by atoms with Crippen LogP contribution in [-0.4, -0.2) is 41.3 Å². The normalized spacial score (nSPS) is 12.8. The Morgan fingerprint density at radius 1 is 1.33 bits per heavy atom. The van der Waals surface area contributed by atoms with Gasteiger partial charge in [-0.15, -0.1) is 0 Å². The van der Waals surface area contributed by atoms with Crippen LogP contribution in [0.1, 0.15) is 12.5 Å². The van der Waals surface area contributed by atoms with Gasteiger partial charge in [0.2, 0.25) is 0 Å². The highest BCUT2D eigenvalue weighted by atomic mass is 35.7. The van der Waals surface area contributed by atoms with Gasteiger partial charge in [-0.3, -0.25) is 4.79 Å². The summed E-state index contributed by atoms with van der Waals surface area (Å²) in [5.41, 5.74) is 0.463. The zero-order valence-corrected chi connectivity index (χ0v) is 13.5. The number of carbonyl (C=O) groups excluding carboxylic acids is 1. The molecule has 1 aromatic rings. The highest BCUT2D eigenvalue weighted by Crippen LogP contribution is 2.28. The molecule has 0 N–H and O–H groups in total. The summed E-state index contributed by atoms with van der Waals surface area (Å²) in [5, 5.41) is 0. The Hall–Kier alpha value is -1.31. The number of hydrogen-bond acceptors (Lipinski definition) is 6. The second-order valence-electron chi connectivity index (χ2n) is 4.36. The van der Waals surface area contributed by atoms with Crippen molar-refractivity contribution in [3.05, 3.63) is 23.8 Å². The van der Waals surface area contributed by atoms with Crippen molar-refractivity contribution in [2.45, 2.75) is 24.3 Å². The molecule has 8 heteroatoms. The molecule has 0 spiro atoms. The third-order valence-electron chi connectivity index (χ3n) is 2.57. The molecule has 0 saturated heterocycles. The van der Waals surface area contributed by atoms with Gasteiger partial charge in [0.15, 0.2) is 0 Å². The molecule has 0 aliphatic carbocycles. The van der Waals surface area contributed by atoms with Crippen molar-refractivity contribution in [1.29, 1.82) is 0 Å². The SMILES string of the molecule is COCC(C)OC(=O)Cc1ccc(OC)c(S(=O)(=O)Cl)c1. The highest BCUT2D eigenvalue weighted by molar-refractivity contribution is 8.13. The van der Waals surface area contributed by atoms with Crippen molar-refractivity contribution in [2.75, 3.05) is 20.8 Å². The summed E-state index contributed by atoms with van der Waals surface area (Å²) >= 11 is 0. The summed E-state index contributed by atoms with van der Waals surface area (Å²) < 4.78 is 37.8. The molecular weight excluding hydrogens is 320 g/mol. The molecule has 0 amide bonds. The van der Waals surface area contributed by atoms with Crippen LogP contribution in [0.4, 0.5) is 0 Å². The van der Waals surface area contributed by atoms with Gasteiger partial charge in [-0.1, -0.05) is 6.07 Å². The van der Waals surface area contributed by atoms with Gasteiger partial charge in [0, 0.05) is 17.8 Å².